The van der Waals surface area contributed by atoms with E-state index in [4.69, 9.17) is 23.2 Å². The molecule has 0 unspecified atom stereocenters. The molecule has 5 nitrogen and oxygen atoms in total. The van der Waals surface area contributed by atoms with Gasteiger partial charge in [-0.15, -0.1) is 5.10 Å². The highest BCUT2D eigenvalue weighted by atomic mass is 35.5. The van der Waals surface area contributed by atoms with E-state index in [1.54, 1.807) is 4.68 Å². The molecule has 0 saturated heterocycles. The summed E-state index contributed by atoms with van der Waals surface area (Å²) in [5, 5.41) is 13.3. The number of nitrogens with zero attached hydrogens (tertiary/aromatic N) is 4. The molecule has 1 aliphatic rings. The summed E-state index contributed by atoms with van der Waals surface area (Å²) in [5.74, 6) is 0.764. The van der Waals surface area contributed by atoms with Gasteiger partial charge in [-0.05, 0) is 36.4 Å². The second-order valence-electron chi connectivity index (χ2n) is 5.34. The Hall–Kier alpha value is -2.37. The summed E-state index contributed by atoms with van der Waals surface area (Å²) in [4.78, 5) is 4.47. The van der Waals surface area contributed by atoms with Crippen LogP contribution in [-0.2, 0) is 0 Å². The average molecular weight is 358 g/mol. The van der Waals surface area contributed by atoms with Gasteiger partial charge in [-0.2, -0.15) is 0 Å². The predicted molar refractivity (Wildman–Crippen MR) is 96.2 cm³/mol. The molecule has 0 aliphatic carbocycles. The van der Waals surface area contributed by atoms with E-state index < -0.39 is 0 Å². The Morgan fingerprint density at radius 1 is 0.917 bits per heavy atom. The van der Waals surface area contributed by atoms with Crippen LogP contribution < -0.4 is 5.32 Å². The van der Waals surface area contributed by atoms with Gasteiger partial charge in [0, 0.05) is 22.2 Å². The smallest absolute Gasteiger partial charge is 0.156 e. The van der Waals surface area contributed by atoms with Gasteiger partial charge >= 0.3 is 0 Å². The quantitative estimate of drug-likeness (QED) is 0.779. The first-order valence-corrected chi connectivity index (χ1v) is 8.24. The Balaban J connectivity index is 1.90. The fourth-order valence-electron chi connectivity index (χ4n) is 2.63. The Kier molecular flexibility index (Phi) is 3.96. The number of hydrogen-bond acceptors (Lipinski definition) is 4. The third-order valence-corrected chi connectivity index (χ3v) is 4.26. The molecule has 2 heterocycles. The summed E-state index contributed by atoms with van der Waals surface area (Å²) < 4.78 is 1.79. The highest BCUT2D eigenvalue weighted by Gasteiger charge is 2.22. The van der Waals surface area contributed by atoms with Crippen molar-refractivity contribution in [3.63, 3.8) is 0 Å². The van der Waals surface area contributed by atoms with Crippen molar-refractivity contribution in [1.29, 1.82) is 0 Å². The maximum absolute atomic E-state index is 6.03. The largest absolute Gasteiger partial charge is 0.367 e. The summed E-state index contributed by atoms with van der Waals surface area (Å²) in [7, 11) is 0. The van der Waals surface area contributed by atoms with Crippen molar-refractivity contribution < 1.29 is 0 Å². The lowest BCUT2D eigenvalue weighted by atomic mass is 10.1. The predicted octanol–water partition coefficient (Wildman–Crippen LogP) is 3.59. The average Bonchev–Trinajstić information content (AvgIpc) is 3.25. The number of aliphatic imine (C=N–C) groups is 1. The number of aromatic nitrogens is 3. The monoisotopic (exact) mass is 357 g/mol. The summed E-state index contributed by atoms with van der Waals surface area (Å²) >= 11 is 12.0. The molecular weight excluding hydrogens is 345 g/mol. The molecule has 7 heteroatoms. The lowest BCUT2D eigenvalue weighted by Gasteiger charge is -2.09. The normalized spacial score (nSPS) is 13.7. The lowest BCUT2D eigenvalue weighted by Crippen LogP contribution is -2.20. The molecule has 0 saturated carbocycles. The second-order valence-corrected chi connectivity index (χ2v) is 6.21. The van der Waals surface area contributed by atoms with E-state index in [1.807, 2.05) is 48.5 Å². The minimum Gasteiger partial charge on any atom is -0.367 e. The van der Waals surface area contributed by atoms with Crippen molar-refractivity contribution in [2.75, 3.05) is 13.1 Å². The van der Waals surface area contributed by atoms with Gasteiger partial charge in [-0.3, -0.25) is 4.99 Å². The number of rotatable bonds is 3. The molecule has 0 bridgehead atoms. The first-order valence-electron chi connectivity index (χ1n) is 7.48. The maximum Gasteiger partial charge on any atom is 0.156 e. The number of halogens is 2. The van der Waals surface area contributed by atoms with E-state index in [0.717, 1.165) is 41.6 Å². The zero-order chi connectivity index (χ0) is 16.5. The summed E-state index contributed by atoms with van der Waals surface area (Å²) in [5.41, 5.74) is 3.43. The van der Waals surface area contributed by atoms with E-state index in [-0.39, 0.29) is 0 Å². The van der Waals surface area contributed by atoms with E-state index in [1.165, 1.54) is 0 Å². The van der Waals surface area contributed by atoms with Crippen LogP contribution in [-0.4, -0.2) is 33.9 Å². The lowest BCUT2D eigenvalue weighted by molar-refractivity contribution is 0.807. The molecule has 120 valence electrons. The third kappa shape index (κ3) is 2.77. The minimum absolute atomic E-state index is 0.675. The Morgan fingerprint density at radius 2 is 1.58 bits per heavy atom. The van der Waals surface area contributed by atoms with Gasteiger partial charge in [-0.1, -0.05) is 40.5 Å². The molecule has 0 amide bonds. The van der Waals surface area contributed by atoms with Crippen molar-refractivity contribution in [3.05, 3.63) is 64.3 Å². The van der Waals surface area contributed by atoms with Crippen LogP contribution in [0.5, 0.6) is 0 Å². The Bertz CT molecular complexity index is 898. The van der Waals surface area contributed by atoms with Gasteiger partial charge < -0.3 is 5.32 Å². The first-order chi connectivity index (χ1) is 11.7. The molecular formula is C17H13Cl2N5. The summed E-state index contributed by atoms with van der Waals surface area (Å²) in [6.07, 6.45) is 0. The van der Waals surface area contributed by atoms with Gasteiger partial charge in [0.2, 0.25) is 0 Å². The third-order valence-electron chi connectivity index (χ3n) is 3.76. The van der Waals surface area contributed by atoms with E-state index in [2.05, 4.69) is 20.6 Å². The highest BCUT2D eigenvalue weighted by Crippen LogP contribution is 2.27. The van der Waals surface area contributed by atoms with Crippen LogP contribution in [0.1, 0.15) is 5.69 Å². The fourth-order valence-corrected chi connectivity index (χ4v) is 2.88. The van der Waals surface area contributed by atoms with Crippen LogP contribution in [0.2, 0.25) is 10.0 Å². The Labute approximate surface area is 148 Å². The topological polar surface area (TPSA) is 55.1 Å². The van der Waals surface area contributed by atoms with Gasteiger partial charge in [0.1, 0.15) is 5.69 Å². The number of hydrogen-bond donors (Lipinski definition) is 1. The molecule has 1 aliphatic heterocycles. The van der Waals surface area contributed by atoms with Crippen molar-refractivity contribution in [1.82, 2.24) is 20.3 Å². The van der Waals surface area contributed by atoms with Crippen molar-refractivity contribution in [2.24, 2.45) is 4.99 Å². The van der Waals surface area contributed by atoms with E-state index >= 15 is 0 Å². The minimum atomic E-state index is 0.675. The number of amidine groups is 1. The SMILES string of the molecule is Clc1ccc(-c2c(C3=NCCN3)nnn2-c2ccc(Cl)cc2)cc1. The van der Waals surface area contributed by atoms with E-state index in [0.29, 0.717) is 10.0 Å². The van der Waals surface area contributed by atoms with Crippen LogP contribution in [0.15, 0.2) is 53.5 Å². The molecule has 0 spiro atoms. The first kappa shape index (κ1) is 15.2. The standard InChI is InChI=1S/C17H13Cl2N5/c18-12-3-1-11(2-4-12)16-15(17-20-9-10-21-17)22-23-24(16)14-7-5-13(19)6-8-14/h1-8H,9-10H2,(H,20,21). The zero-order valence-electron chi connectivity index (χ0n) is 12.6. The van der Waals surface area contributed by atoms with Crippen LogP contribution >= 0.6 is 23.2 Å². The molecule has 0 radical (unpaired) electrons. The summed E-state index contributed by atoms with van der Waals surface area (Å²) in [6, 6.07) is 15.1. The maximum atomic E-state index is 6.03. The van der Waals surface area contributed by atoms with Gasteiger partial charge in [0.25, 0.3) is 0 Å². The summed E-state index contributed by atoms with van der Waals surface area (Å²) in [6.45, 7) is 1.55. The van der Waals surface area contributed by atoms with Crippen molar-refractivity contribution in [3.8, 4) is 16.9 Å². The van der Waals surface area contributed by atoms with Crippen LogP contribution in [0, 0.1) is 0 Å². The number of nitrogens with one attached hydrogen (secondary N) is 1. The van der Waals surface area contributed by atoms with Gasteiger partial charge in [0.05, 0.1) is 12.2 Å². The van der Waals surface area contributed by atoms with Crippen molar-refractivity contribution in [2.45, 2.75) is 0 Å². The molecule has 2 aromatic carbocycles. The number of benzene rings is 2. The second kappa shape index (κ2) is 6.26. The zero-order valence-corrected chi connectivity index (χ0v) is 14.1. The highest BCUT2D eigenvalue weighted by molar-refractivity contribution is 6.30. The molecule has 0 atom stereocenters. The Morgan fingerprint density at radius 3 is 2.21 bits per heavy atom. The van der Waals surface area contributed by atoms with Gasteiger partial charge in [0.15, 0.2) is 11.5 Å². The molecule has 3 aromatic rings. The van der Waals surface area contributed by atoms with Crippen LogP contribution in [0.3, 0.4) is 0 Å². The molecule has 24 heavy (non-hydrogen) atoms. The van der Waals surface area contributed by atoms with Crippen molar-refractivity contribution >= 4 is 29.0 Å². The molecule has 1 aromatic heterocycles. The van der Waals surface area contributed by atoms with Crippen LogP contribution in [0.4, 0.5) is 0 Å². The van der Waals surface area contributed by atoms with E-state index in [9.17, 15) is 0 Å². The molecule has 4 rings (SSSR count). The molecule has 1 N–H and O–H groups in total. The molecule has 0 fully saturated rings. The van der Waals surface area contributed by atoms with Gasteiger partial charge in [-0.25, -0.2) is 4.68 Å². The fraction of sp³-hybridized carbons (Fsp3) is 0.118. The van der Waals surface area contributed by atoms with Crippen LogP contribution in [0.25, 0.3) is 16.9 Å².